The van der Waals surface area contributed by atoms with E-state index in [4.69, 9.17) is 14.6 Å². The molecule has 2 rings (SSSR count). The van der Waals surface area contributed by atoms with E-state index in [2.05, 4.69) is 5.32 Å². The second kappa shape index (κ2) is 6.04. The van der Waals surface area contributed by atoms with E-state index in [1.807, 2.05) is 0 Å². The number of hydrogen-bond acceptors (Lipinski definition) is 4. The van der Waals surface area contributed by atoms with E-state index in [0.717, 1.165) is 6.42 Å². The van der Waals surface area contributed by atoms with Crippen LogP contribution in [0.1, 0.15) is 16.8 Å². The molecule has 20 heavy (non-hydrogen) atoms. The molecule has 0 aromatic heterocycles. The molecule has 1 amide bonds. The molecule has 0 saturated heterocycles. The summed E-state index contributed by atoms with van der Waals surface area (Å²) in [5.74, 6) is -3.04. The van der Waals surface area contributed by atoms with E-state index in [1.165, 1.54) is 12.1 Å². The lowest BCUT2D eigenvalue weighted by atomic mass is 10.2. The lowest BCUT2D eigenvalue weighted by Gasteiger charge is -2.14. The van der Waals surface area contributed by atoms with Gasteiger partial charge in [0.25, 0.3) is 11.8 Å². The van der Waals surface area contributed by atoms with Gasteiger partial charge in [-0.25, -0.2) is 8.78 Å². The number of carbonyl (C=O) groups is 1. The molecule has 1 aliphatic rings. The highest BCUT2D eigenvalue weighted by Crippen LogP contribution is 2.30. The Morgan fingerprint density at radius 1 is 1.30 bits per heavy atom. The average Bonchev–Trinajstić information content (AvgIpc) is 2.69. The molecule has 0 fully saturated rings. The molecule has 1 aromatic carbocycles. The van der Waals surface area contributed by atoms with Crippen LogP contribution in [0.25, 0.3) is 0 Å². The molecule has 0 unspecified atom stereocenters. The number of hydrogen-bond donors (Lipinski definition) is 2. The third kappa shape index (κ3) is 3.57. The molecule has 7 heteroatoms. The van der Waals surface area contributed by atoms with E-state index in [0.29, 0.717) is 24.7 Å². The largest absolute Gasteiger partial charge is 0.490 e. The molecule has 2 N–H and O–H groups in total. The Hall–Kier alpha value is -1.89. The van der Waals surface area contributed by atoms with Crippen molar-refractivity contribution in [2.75, 3.05) is 26.4 Å². The van der Waals surface area contributed by atoms with Crippen molar-refractivity contribution in [1.29, 1.82) is 0 Å². The monoisotopic (exact) mass is 287 g/mol. The van der Waals surface area contributed by atoms with Crippen molar-refractivity contribution >= 4 is 5.91 Å². The number of amides is 1. The Kier molecular flexibility index (Phi) is 4.39. The zero-order chi connectivity index (χ0) is 14.6. The first kappa shape index (κ1) is 14.5. The summed E-state index contributed by atoms with van der Waals surface area (Å²) in [6, 6.07) is 4.49. The summed E-state index contributed by atoms with van der Waals surface area (Å²) in [4.78, 5) is 11.8. The van der Waals surface area contributed by atoms with E-state index < -0.39 is 25.0 Å². The Balaban J connectivity index is 2.05. The number of aliphatic hydroxyl groups excluding tert-OH is 1. The fourth-order valence-electron chi connectivity index (χ4n) is 1.67. The van der Waals surface area contributed by atoms with Crippen molar-refractivity contribution in [2.45, 2.75) is 12.3 Å². The van der Waals surface area contributed by atoms with Crippen LogP contribution in [0, 0.1) is 0 Å². The lowest BCUT2D eigenvalue weighted by molar-refractivity contribution is -0.0462. The Morgan fingerprint density at radius 2 is 2.00 bits per heavy atom. The SMILES string of the molecule is O=C(NCC(F)(F)CO)c1ccc2c(c1)OCCCO2. The first-order valence-corrected chi connectivity index (χ1v) is 6.18. The predicted molar refractivity (Wildman–Crippen MR) is 66.4 cm³/mol. The van der Waals surface area contributed by atoms with Gasteiger partial charge in [0.05, 0.1) is 19.8 Å². The number of halogens is 2. The predicted octanol–water partition coefficient (Wildman–Crippen LogP) is 1.21. The Morgan fingerprint density at radius 3 is 2.70 bits per heavy atom. The van der Waals surface area contributed by atoms with Crippen molar-refractivity contribution < 1.29 is 28.2 Å². The van der Waals surface area contributed by atoms with Crippen LogP contribution in [0.5, 0.6) is 11.5 Å². The smallest absolute Gasteiger partial charge is 0.287 e. The van der Waals surface area contributed by atoms with E-state index in [1.54, 1.807) is 6.07 Å². The van der Waals surface area contributed by atoms with Crippen LogP contribution >= 0.6 is 0 Å². The first-order chi connectivity index (χ1) is 9.52. The third-order valence-electron chi connectivity index (χ3n) is 2.75. The van der Waals surface area contributed by atoms with Gasteiger partial charge in [-0.15, -0.1) is 0 Å². The summed E-state index contributed by atoms with van der Waals surface area (Å²) in [6.07, 6.45) is 0.735. The van der Waals surface area contributed by atoms with Crippen LogP contribution in [0.3, 0.4) is 0 Å². The fourth-order valence-corrected chi connectivity index (χ4v) is 1.67. The molecule has 0 spiro atoms. The molecule has 1 heterocycles. The van der Waals surface area contributed by atoms with Gasteiger partial charge in [0.2, 0.25) is 0 Å². The van der Waals surface area contributed by atoms with E-state index in [-0.39, 0.29) is 5.56 Å². The van der Waals surface area contributed by atoms with Gasteiger partial charge in [0.15, 0.2) is 11.5 Å². The molecule has 0 radical (unpaired) electrons. The number of ether oxygens (including phenoxy) is 2. The minimum atomic E-state index is -3.33. The van der Waals surface area contributed by atoms with Gasteiger partial charge in [0.1, 0.15) is 6.61 Å². The number of fused-ring (bicyclic) bond motifs is 1. The average molecular weight is 287 g/mol. The number of aliphatic hydroxyl groups is 1. The van der Waals surface area contributed by atoms with Gasteiger partial charge in [-0.05, 0) is 18.2 Å². The second-order valence-electron chi connectivity index (χ2n) is 4.41. The molecule has 5 nitrogen and oxygen atoms in total. The molecular weight excluding hydrogens is 272 g/mol. The van der Waals surface area contributed by atoms with Gasteiger partial charge in [0, 0.05) is 12.0 Å². The normalized spacial score (nSPS) is 14.6. The standard InChI is InChI=1S/C13H15F2NO4/c14-13(15,8-17)7-16-12(18)9-2-3-10-11(6-9)20-5-1-4-19-10/h2-3,6,17H,1,4-5,7-8H2,(H,16,18). The van der Waals surface area contributed by atoms with Crippen LogP contribution in [-0.2, 0) is 0 Å². The van der Waals surface area contributed by atoms with Crippen LogP contribution in [0.15, 0.2) is 18.2 Å². The Bertz CT molecular complexity index is 493. The van der Waals surface area contributed by atoms with Crippen LogP contribution in [-0.4, -0.2) is 43.3 Å². The molecule has 110 valence electrons. The van der Waals surface area contributed by atoms with Crippen molar-refractivity contribution in [2.24, 2.45) is 0 Å². The van der Waals surface area contributed by atoms with Crippen LogP contribution in [0.2, 0.25) is 0 Å². The highest BCUT2D eigenvalue weighted by molar-refractivity contribution is 5.94. The number of carbonyl (C=O) groups excluding carboxylic acids is 1. The maximum atomic E-state index is 12.8. The molecular formula is C13H15F2NO4. The van der Waals surface area contributed by atoms with E-state index in [9.17, 15) is 13.6 Å². The summed E-state index contributed by atoms with van der Waals surface area (Å²) in [7, 11) is 0. The zero-order valence-corrected chi connectivity index (χ0v) is 10.7. The second-order valence-corrected chi connectivity index (χ2v) is 4.41. The van der Waals surface area contributed by atoms with Crippen molar-refractivity contribution in [1.82, 2.24) is 5.32 Å². The number of alkyl halides is 2. The summed E-state index contributed by atoms with van der Waals surface area (Å²) >= 11 is 0. The van der Waals surface area contributed by atoms with Gasteiger partial charge >= 0.3 is 0 Å². The minimum absolute atomic E-state index is 0.197. The fraction of sp³-hybridized carbons (Fsp3) is 0.462. The first-order valence-electron chi connectivity index (χ1n) is 6.18. The van der Waals surface area contributed by atoms with Gasteiger partial charge in [-0.3, -0.25) is 4.79 Å². The Labute approximate surface area is 114 Å². The van der Waals surface area contributed by atoms with Crippen molar-refractivity contribution in [3.63, 3.8) is 0 Å². The molecule has 0 aliphatic carbocycles. The number of rotatable bonds is 4. The molecule has 0 atom stereocenters. The summed E-state index contributed by atoms with van der Waals surface area (Å²) in [5.41, 5.74) is 0.197. The summed E-state index contributed by atoms with van der Waals surface area (Å²) < 4.78 is 36.5. The highest BCUT2D eigenvalue weighted by atomic mass is 19.3. The highest BCUT2D eigenvalue weighted by Gasteiger charge is 2.28. The van der Waals surface area contributed by atoms with Gasteiger partial charge < -0.3 is 19.9 Å². The maximum absolute atomic E-state index is 12.8. The number of benzene rings is 1. The minimum Gasteiger partial charge on any atom is -0.490 e. The molecule has 1 aromatic rings. The van der Waals surface area contributed by atoms with Gasteiger partial charge in [-0.2, -0.15) is 0 Å². The van der Waals surface area contributed by atoms with Crippen LogP contribution < -0.4 is 14.8 Å². The van der Waals surface area contributed by atoms with Crippen molar-refractivity contribution in [3.8, 4) is 11.5 Å². The third-order valence-corrected chi connectivity index (χ3v) is 2.75. The van der Waals surface area contributed by atoms with Gasteiger partial charge in [-0.1, -0.05) is 0 Å². The maximum Gasteiger partial charge on any atom is 0.287 e. The van der Waals surface area contributed by atoms with Crippen molar-refractivity contribution in [3.05, 3.63) is 23.8 Å². The number of nitrogens with one attached hydrogen (secondary N) is 1. The quantitative estimate of drug-likeness (QED) is 0.873. The molecule has 0 saturated carbocycles. The van der Waals surface area contributed by atoms with E-state index >= 15 is 0 Å². The molecule has 0 bridgehead atoms. The van der Waals surface area contributed by atoms with Crippen LogP contribution in [0.4, 0.5) is 8.78 Å². The lowest BCUT2D eigenvalue weighted by Crippen LogP contribution is -2.38. The summed E-state index contributed by atoms with van der Waals surface area (Å²) in [5, 5.41) is 10.5. The topological polar surface area (TPSA) is 67.8 Å². The zero-order valence-electron chi connectivity index (χ0n) is 10.7. The summed E-state index contributed by atoms with van der Waals surface area (Å²) in [6.45, 7) is -1.23. The molecule has 1 aliphatic heterocycles.